The van der Waals surface area contributed by atoms with E-state index in [1.54, 1.807) is 12.3 Å². The predicted octanol–water partition coefficient (Wildman–Crippen LogP) is 2.52. The van der Waals surface area contributed by atoms with Crippen molar-refractivity contribution in [2.45, 2.75) is 19.7 Å². The number of benzene rings is 2. The standard InChI is InChI=1S/C22H25N3O2/c23-11-12-24-14-20-13-21(26)22(27-17-19-9-5-2-6-10-19)16-25(20)15-18-7-3-1-4-8-18/h1-10,13,16,24H,11-12,14-15,17,23H2. The molecule has 0 fully saturated rings. The third-order valence-electron chi connectivity index (χ3n) is 4.24. The zero-order chi connectivity index (χ0) is 18.9. The fourth-order valence-corrected chi connectivity index (χ4v) is 2.84. The number of nitrogens with two attached hydrogens (primary N) is 1. The Balaban J connectivity index is 1.83. The van der Waals surface area contributed by atoms with Crippen LogP contribution >= 0.6 is 0 Å². The van der Waals surface area contributed by atoms with Crippen molar-refractivity contribution in [2.24, 2.45) is 5.73 Å². The van der Waals surface area contributed by atoms with Gasteiger partial charge in [-0.25, -0.2) is 0 Å². The molecule has 0 radical (unpaired) electrons. The summed E-state index contributed by atoms with van der Waals surface area (Å²) in [6, 6.07) is 21.6. The lowest BCUT2D eigenvalue weighted by molar-refractivity contribution is 0.300. The summed E-state index contributed by atoms with van der Waals surface area (Å²) in [6.45, 7) is 2.87. The van der Waals surface area contributed by atoms with Crippen LogP contribution in [-0.2, 0) is 19.7 Å². The molecule has 3 aromatic rings. The molecule has 3 N–H and O–H groups in total. The first-order valence-corrected chi connectivity index (χ1v) is 9.11. The number of hydrogen-bond donors (Lipinski definition) is 2. The van der Waals surface area contributed by atoms with Crippen molar-refractivity contribution in [1.29, 1.82) is 0 Å². The Morgan fingerprint density at radius 2 is 1.63 bits per heavy atom. The van der Waals surface area contributed by atoms with Crippen LogP contribution in [0, 0.1) is 0 Å². The predicted molar refractivity (Wildman–Crippen MR) is 108 cm³/mol. The van der Waals surface area contributed by atoms with Crippen LogP contribution in [0.2, 0.25) is 0 Å². The Morgan fingerprint density at radius 3 is 2.30 bits per heavy atom. The molecule has 0 saturated heterocycles. The van der Waals surface area contributed by atoms with E-state index in [-0.39, 0.29) is 5.43 Å². The maximum absolute atomic E-state index is 12.5. The molecule has 0 atom stereocenters. The fourth-order valence-electron chi connectivity index (χ4n) is 2.84. The minimum absolute atomic E-state index is 0.111. The van der Waals surface area contributed by atoms with E-state index < -0.39 is 0 Å². The average Bonchev–Trinajstić information content (AvgIpc) is 2.70. The van der Waals surface area contributed by atoms with Crippen molar-refractivity contribution in [3.05, 3.63) is 100.0 Å². The van der Waals surface area contributed by atoms with E-state index in [0.717, 1.165) is 16.8 Å². The lowest BCUT2D eigenvalue weighted by atomic mass is 10.2. The Kier molecular flexibility index (Phi) is 6.79. The van der Waals surface area contributed by atoms with E-state index in [4.69, 9.17) is 10.5 Å². The van der Waals surface area contributed by atoms with Crippen LogP contribution in [0.5, 0.6) is 5.75 Å². The molecule has 0 aliphatic heterocycles. The van der Waals surface area contributed by atoms with E-state index >= 15 is 0 Å². The van der Waals surface area contributed by atoms with E-state index in [0.29, 0.717) is 38.5 Å². The molecule has 27 heavy (non-hydrogen) atoms. The van der Waals surface area contributed by atoms with Crippen molar-refractivity contribution >= 4 is 0 Å². The molecule has 1 heterocycles. The number of nitrogens with zero attached hydrogens (tertiary/aromatic N) is 1. The quantitative estimate of drug-likeness (QED) is 0.573. The highest BCUT2D eigenvalue weighted by molar-refractivity contribution is 5.25. The van der Waals surface area contributed by atoms with Crippen LogP contribution in [0.3, 0.4) is 0 Å². The van der Waals surface area contributed by atoms with Gasteiger partial charge in [0, 0.05) is 37.9 Å². The normalized spacial score (nSPS) is 10.7. The van der Waals surface area contributed by atoms with E-state index in [2.05, 4.69) is 22.0 Å². The van der Waals surface area contributed by atoms with Gasteiger partial charge in [-0.05, 0) is 11.1 Å². The molecular formula is C22H25N3O2. The van der Waals surface area contributed by atoms with Crippen LogP contribution in [0.4, 0.5) is 0 Å². The van der Waals surface area contributed by atoms with Crippen molar-refractivity contribution in [1.82, 2.24) is 9.88 Å². The molecule has 140 valence electrons. The average molecular weight is 363 g/mol. The number of rotatable bonds is 9. The molecule has 0 aliphatic carbocycles. The molecule has 0 spiro atoms. The highest BCUT2D eigenvalue weighted by Gasteiger charge is 2.09. The van der Waals surface area contributed by atoms with Gasteiger partial charge in [0.05, 0.1) is 6.20 Å². The molecule has 0 bridgehead atoms. The van der Waals surface area contributed by atoms with Gasteiger partial charge in [-0.3, -0.25) is 4.79 Å². The molecule has 0 aliphatic rings. The molecule has 5 heteroatoms. The first kappa shape index (κ1) is 18.9. The summed E-state index contributed by atoms with van der Waals surface area (Å²) in [5.41, 5.74) is 8.54. The summed E-state index contributed by atoms with van der Waals surface area (Å²) in [6.07, 6.45) is 1.80. The maximum atomic E-state index is 12.5. The van der Waals surface area contributed by atoms with Crippen LogP contribution in [-0.4, -0.2) is 17.7 Å². The smallest absolute Gasteiger partial charge is 0.223 e. The van der Waals surface area contributed by atoms with E-state index in [9.17, 15) is 4.79 Å². The third-order valence-corrected chi connectivity index (χ3v) is 4.24. The van der Waals surface area contributed by atoms with Crippen molar-refractivity contribution in [2.75, 3.05) is 13.1 Å². The van der Waals surface area contributed by atoms with Gasteiger partial charge < -0.3 is 20.4 Å². The van der Waals surface area contributed by atoms with Crippen LogP contribution in [0.15, 0.2) is 77.7 Å². The molecule has 0 saturated carbocycles. The fraction of sp³-hybridized carbons (Fsp3) is 0.227. The Morgan fingerprint density at radius 1 is 0.963 bits per heavy atom. The number of aromatic nitrogens is 1. The Labute approximate surface area is 159 Å². The van der Waals surface area contributed by atoms with Gasteiger partial charge in [-0.15, -0.1) is 0 Å². The maximum Gasteiger partial charge on any atom is 0.223 e. The molecule has 3 rings (SSSR count). The summed E-state index contributed by atoms with van der Waals surface area (Å²) in [7, 11) is 0. The zero-order valence-corrected chi connectivity index (χ0v) is 15.3. The Hall–Kier alpha value is -2.89. The summed E-state index contributed by atoms with van der Waals surface area (Å²) < 4.78 is 7.86. The second-order valence-corrected chi connectivity index (χ2v) is 6.35. The van der Waals surface area contributed by atoms with Crippen molar-refractivity contribution in [3.8, 4) is 5.75 Å². The summed E-state index contributed by atoms with van der Waals surface area (Å²) in [4.78, 5) is 12.5. The first-order chi connectivity index (χ1) is 13.3. The van der Waals surface area contributed by atoms with Crippen molar-refractivity contribution < 1.29 is 4.74 Å². The summed E-state index contributed by atoms with van der Waals surface area (Å²) in [5.74, 6) is 0.359. The first-order valence-electron chi connectivity index (χ1n) is 9.11. The largest absolute Gasteiger partial charge is 0.483 e. The second-order valence-electron chi connectivity index (χ2n) is 6.35. The topological polar surface area (TPSA) is 69.3 Å². The molecule has 2 aromatic carbocycles. The van der Waals surface area contributed by atoms with Crippen LogP contribution in [0.25, 0.3) is 0 Å². The van der Waals surface area contributed by atoms with Crippen LogP contribution < -0.4 is 21.2 Å². The van der Waals surface area contributed by atoms with Gasteiger partial charge in [0.25, 0.3) is 0 Å². The van der Waals surface area contributed by atoms with Crippen LogP contribution in [0.1, 0.15) is 16.8 Å². The number of ether oxygens (including phenoxy) is 1. The van der Waals surface area contributed by atoms with Gasteiger partial charge in [-0.1, -0.05) is 60.7 Å². The molecule has 0 amide bonds. The van der Waals surface area contributed by atoms with Gasteiger partial charge in [0.2, 0.25) is 5.43 Å². The lowest BCUT2D eigenvalue weighted by Gasteiger charge is -2.16. The minimum atomic E-state index is -0.111. The molecular weight excluding hydrogens is 338 g/mol. The molecule has 1 aromatic heterocycles. The highest BCUT2D eigenvalue weighted by atomic mass is 16.5. The van der Waals surface area contributed by atoms with Gasteiger partial charge in [-0.2, -0.15) is 0 Å². The minimum Gasteiger partial charge on any atom is -0.483 e. The Bertz CT molecular complexity index is 892. The SMILES string of the molecule is NCCNCc1cc(=O)c(OCc2ccccc2)cn1Cc1ccccc1. The van der Waals surface area contributed by atoms with E-state index in [1.807, 2.05) is 48.5 Å². The summed E-state index contributed by atoms with van der Waals surface area (Å²) >= 11 is 0. The number of hydrogen-bond acceptors (Lipinski definition) is 4. The molecule has 0 unspecified atom stereocenters. The highest BCUT2D eigenvalue weighted by Crippen LogP contribution is 2.12. The van der Waals surface area contributed by atoms with Gasteiger partial charge in [0.1, 0.15) is 6.61 Å². The van der Waals surface area contributed by atoms with Crippen molar-refractivity contribution in [3.63, 3.8) is 0 Å². The lowest BCUT2D eigenvalue weighted by Crippen LogP contribution is -2.25. The molecule has 5 nitrogen and oxygen atoms in total. The van der Waals surface area contributed by atoms with E-state index in [1.165, 1.54) is 0 Å². The van der Waals surface area contributed by atoms with Gasteiger partial charge >= 0.3 is 0 Å². The third kappa shape index (κ3) is 5.54. The second kappa shape index (κ2) is 9.71. The number of pyridine rings is 1. The zero-order valence-electron chi connectivity index (χ0n) is 15.3. The van der Waals surface area contributed by atoms with Gasteiger partial charge in [0.15, 0.2) is 5.75 Å². The number of nitrogens with one attached hydrogen (secondary N) is 1. The summed E-state index contributed by atoms with van der Waals surface area (Å²) in [5, 5.41) is 3.26. The monoisotopic (exact) mass is 363 g/mol.